The number of benzene rings is 1. The van der Waals surface area contributed by atoms with Crippen LogP contribution in [0.1, 0.15) is 17.0 Å². The van der Waals surface area contributed by atoms with Crippen LogP contribution in [0.5, 0.6) is 0 Å². The molecule has 1 aromatic carbocycles. The van der Waals surface area contributed by atoms with E-state index in [1.807, 2.05) is 38.1 Å². The van der Waals surface area contributed by atoms with Crippen molar-refractivity contribution in [1.29, 1.82) is 0 Å². The van der Waals surface area contributed by atoms with Crippen LogP contribution in [0.25, 0.3) is 0 Å². The van der Waals surface area contributed by atoms with Crippen molar-refractivity contribution in [2.75, 3.05) is 5.43 Å². The van der Waals surface area contributed by atoms with Gasteiger partial charge in [0.15, 0.2) is 0 Å². The van der Waals surface area contributed by atoms with Gasteiger partial charge in [0.25, 0.3) is 0 Å². The van der Waals surface area contributed by atoms with E-state index in [0.29, 0.717) is 11.6 Å². The van der Waals surface area contributed by atoms with Crippen molar-refractivity contribution in [1.82, 2.24) is 9.97 Å². The maximum atomic E-state index is 6.14. The molecule has 19 heavy (non-hydrogen) atoms. The molecule has 0 aliphatic heterocycles. The number of hydrogen-bond donors (Lipinski definition) is 2. The number of halogens is 1. The molecule has 0 amide bonds. The zero-order valence-electron chi connectivity index (χ0n) is 10.8. The first-order valence-corrected chi connectivity index (χ1v) is 7.16. The lowest BCUT2D eigenvalue weighted by atomic mass is 10.2. The van der Waals surface area contributed by atoms with Crippen molar-refractivity contribution in [3.63, 3.8) is 0 Å². The van der Waals surface area contributed by atoms with Crippen LogP contribution in [0.15, 0.2) is 29.3 Å². The van der Waals surface area contributed by atoms with Crippen LogP contribution in [0.2, 0.25) is 5.02 Å². The molecule has 0 aliphatic rings. The van der Waals surface area contributed by atoms with Crippen LogP contribution in [-0.4, -0.2) is 9.97 Å². The predicted octanol–water partition coefficient (Wildman–Crippen LogP) is 3.32. The Kier molecular flexibility index (Phi) is 4.63. The molecule has 0 saturated heterocycles. The third-order valence-corrected chi connectivity index (χ3v) is 4.17. The van der Waals surface area contributed by atoms with E-state index >= 15 is 0 Å². The second-order valence-corrected chi connectivity index (χ2v) is 5.45. The SMILES string of the molecule is Cc1nc(NN)c(C)c(SCc2ccccc2Cl)n1. The van der Waals surface area contributed by atoms with E-state index in [-0.39, 0.29) is 0 Å². The number of hydrazine groups is 1. The number of aryl methyl sites for hydroxylation is 1. The fraction of sp³-hybridized carbons (Fsp3) is 0.231. The molecule has 0 saturated carbocycles. The molecule has 0 atom stereocenters. The summed E-state index contributed by atoms with van der Waals surface area (Å²) in [5.41, 5.74) is 4.63. The average Bonchev–Trinajstić information content (AvgIpc) is 2.41. The van der Waals surface area contributed by atoms with Crippen molar-refractivity contribution < 1.29 is 0 Å². The van der Waals surface area contributed by atoms with Gasteiger partial charge in [-0.3, -0.25) is 0 Å². The third-order valence-electron chi connectivity index (χ3n) is 2.67. The number of thioether (sulfide) groups is 1. The van der Waals surface area contributed by atoms with Crippen molar-refractivity contribution in [2.45, 2.75) is 24.6 Å². The van der Waals surface area contributed by atoms with Crippen molar-refractivity contribution in [3.8, 4) is 0 Å². The van der Waals surface area contributed by atoms with E-state index in [2.05, 4.69) is 15.4 Å². The Morgan fingerprint density at radius 2 is 2.00 bits per heavy atom. The summed E-state index contributed by atoms with van der Waals surface area (Å²) in [6.45, 7) is 3.80. The number of nitrogens with two attached hydrogens (primary N) is 1. The van der Waals surface area contributed by atoms with Gasteiger partial charge in [0.1, 0.15) is 16.7 Å². The Hall–Kier alpha value is -1.30. The molecule has 3 N–H and O–H groups in total. The highest BCUT2D eigenvalue weighted by atomic mass is 35.5. The lowest BCUT2D eigenvalue weighted by Crippen LogP contribution is -2.12. The minimum Gasteiger partial charge on any atom is -0.308 e. The zero-order valence-corrected chi connectivity index (χ0v) is 12.3. The van der Waals surface area contributed by atoms with Gasteiger partial charge in [-0.1, -0.05) is 29.8 Å². The van der Waals surface area contributed by atoms with Crippen LogP contribution in [-0.2, 0) is 5.75 Å². The monoisotopic (exact) mass is 294 g/mol. The molecule has 0 bridgehead atoms. The first-order chi connectivity index (χ1) is 9.11. The topological polar surface area (TPSA) is 63.8 Å². The van der Waals surface area contributed by atoms with E-state index in [9.17, 15) is 0 Å². The smallest absolute Gasteiger partial charge is 0.147 e. The highest BCUT2D eigenvalue weighted by molar-refractivity contribution is 7.98. The number of nitrogens with one attached hydrogen (secondary N) is 1. The number of aromatic nitrogens is 2. The van der Waals surface area contributed by atoms with Gasteiger partial charge in [0.05, 0.1) is 0 Å². The van der Waals surface area contributed by atoms with Gasteiger partial charge < -0.3 is 5.43 Å². The minimum atomic E-state index is 0.661. The largest absolute Gasteiger partial charge is 0.308 e. The van der Waals surface area contributed by atoms with E-state index in [1.54, 1.807) is 11.8 Å². The molecular weight excluding hydrogens is 280 g/mol. The fourth-order valence-corrected chi connectivity index (χ4v) is 2.98. The summed E-state index contributed by atoms with van der Waals surface area (Å²) >= 11 is 7.77. The molecule has 0 fully saturated rings. The molecule has 0 spiro atoms. The number of anilines is 1. The Labute approximate surface area is 121 Å². The van der Waals surface area contributed by atoms with Crippen LogP contribution >= 0.6 is 23.4 Å². The summed E-state index contributed by atoms with van der Waals surface area (Å²) in [5, 5.41) is 1.69. The Bertz CT molecular complexity index is 589. The number of nitrogens with zero attached hydrogens (tertiary/aromatic N) is 2. The number of hydrogen-bond acceptors (Lipinski definition) is 5. The maximum absolute atomic E-state index is 6.14. The molecule has 2 aromatic rings. The first kappa shape index (κ1) is 14.1. The van der Waals surface area contributed by atoms with Gasteiger partial charge >= 0.3 is 0 Å². The van der Waals surface area contributed by atoms with Gasteiger partial charge in [-0.25, -0.2) is 15.8 Å². The second kappa shape index (κ2) is 6.23. The molecule has 1 heterocycles. The molecule has 6 heteroatoms. The molecule has 100 valence electrons. The quantitative estimate of drug-likeness (QED) is 0.392. The third kappa shape index (κ3) is 3.37. The van der Waals surface area contributed by atoms with Crippen LogP contribution in [0, 0.1) is 13.8 Å². The maximum Gasteiger partial charge on any atom is 0.147 e. The second-order valence-electron chi connectivity index (χ2n) is 4.07. The van der Waals surface area contributed by atoms with E-state index in [1.165, 1.54) is 0 Å². The fourth-order valence-electron chi connectivity index (χ4n) is 1.65. The van der Waals surface area contributed by atoms with Crippen LogP contribution in [0.3, 0.4) is 0 Å². The highest BCUT2D eigenvalue weighted by Crippen LogP contribution is 2.29. The first-order valence-electron chi connectivity index (χ1n) is 5.80. The molecule has 2 rings (SSSR count). The summed E-state index contributed by atoms with van der Waals surface area (Å²) < 4.78 is 0. The van der Waals surface area contributed by atoms with E-state index < -0.39 is 0 Å². The molecule has 0 radical (unpaired) electrons. The average molecular weight is 295 g/mol. The van der Waals surface area contributed by atoms with Gasteiger partial charge in [-0.05, 0) is 25.5 Å². The van der Waals surface area contributed by atoms with Crippen LogP contribution < -0.4 is 11.3 Å². The summed E-state index contributed by atoms with van der Waals surface area (Å²) in [6.07, 6.45) is 0. The minimum absolute atomic E-state index is 0.661. The van der Waals surface area contributed by atoms with E-state index in [0.717, 1.165) is 26.9 Å². The summed E-state index contributed by atoms with van der Waals surface area (Å²) in [5.74, 6) is 7.57. The van der Waals surface area contributed by atoms with Gasteiger partial charge in [0, 0.05) is 16.3 Å². The van der Waals surface area contributed by atoms with Gasteiger partial charge in [0.2, 0.25) is 0 Å². The van der Waals surface area contributed by atoms with Crippen molar-refractivity contribution in [2.24, 2.45) is 5.84 Å². The van der Waals surface area contributed by atoms with Crippen molar-refractivity contribution in [3.05, 3.63) is 46.2 Å². The molecule has 0 aliphatic carbocycles. The summed E-state index contributed by atoms with van der Waals surface area (Å²) in [6, 6.07) is 7.81. The molecule has 4 nitrogen and oxygen atoms in total. The summed E-state index contributed by atoms with van der Waals surface area (Å²) in [4.78, 5) is 8.68. The predicted molar refractivity (Wildman–Crippen MR) is 80.3 cm³/mol. The number of rotatable bonds is 4. The molecular formula is C13H15ClN4S. The summed E-state index contributed by atoms with van der Waals surface area (Å²) in [7, 11) is 0. The number of nitrogen functional groups attached to an aromatic ring is 1. The zero-order chi connectivity index (χ0) is 13.8. The van der Waals surface area contributed by atoms with Crippen molar-refractivity contribution >= 4 is 29.2 Å². The standard InChI is InChI=1S/C13H15ClN4S/c1-8-12(18-15)16-9(2)17-13(8)19-7-10-5-3-4-6-11(10)14/h3-6H,7,15H2,1-2H3,(H,16,17,18). The Morgan fingerprint density at radius 1 is 1.26 bits per heavy atom. The van der Waals surface area contributed by atoms with Gasteiger partial charge in [-0.15, -0.1) is 11.8 Å². The molecule has 1 aromatic heterocycles. The normalized spacial score (nSPS) is 10.5. The van der Waals surface area contributed by atoms with Gasteiger partial charge in [-0.2, -0.15) is 0 Å². The molecule has 0 unspecified atom stereocenters. The lowest BCUT2D eigenvalue weighted by molar-refractivity contribution is 0.935. The van der Waals surface area contributed by atoms with E-state index in [4.69, 9.17) is 17.4 Å². The van der Waals surface area contributed by atoms with Crippen LogP contribution in [0.4, 0.5) is 5.82 Å². The highest BCUT2D eigenvalue weighted by Gasteiger charge is 2.09. The Morgan fingerprint density at radius 3 is 2.68 bits per heavy atom. The Balaban J connectivity index is 2.20. The lowest BCUT2D eigenvalue weighted by Gasteiger charge is -2.10.